The van der Waals surface area contributed by atoms with Gasteiger partial charge in [0, 0.05) is 11.5 Å². The van der Waals surface area contributed by atoms with E-state index in [2.05, 4.69) is 4.98 Å². The zero-order valence-electron chi connectivity index (χ0n) is 10.6. The van der Waals surface area contributed by atoms with Gasteiger partial charge in [0.2, 0.25) is 0 Å². The molecule has 20 heavy (non-hydrogen) atoms. The first-order valence-corrected chi connectivity index (χ1v) is 6.22. The first-order valence-electron chi connectivity index (χ1n) is 6.22. The molecule has 3 rings (SSSR count). The average Bonchev–Trinajstić information content (AvgIpc) is 2.44. The van der Waals surface area contributed by atoms with Crippen molar-refractivity contribution in [1.29, 1.82) is 0 Å². The number of aromatic amines is 1. The van der Waals surface area contributed by atoms with Crippen molar-refractivity contribution in [3.05, 3.63) is 76.3 Å². The van der Waals surface area contributed by atoms with Gasteiger partial charge < -0.3 is 9.72 Å². The largest absolute Gasteiger partial charge is 0.488 e. The number of nitrogens with one attached hydrogen (secondary N) is 1. The highest BCUT2D eigenvalue weighted by Gasteiger charge is 2.04. The standard InChI is InChI=1S/C16H12FNO2/c17-12-5-3-4-11(8-12)10-20-15-9-16(19)18-14-7-2-1-6-13(14)15/h1-9H,10H2,(H,18,19). The van der Waals surface area contributed by atoms with Gasteiger partial charge >= 0.3 is 0 Å². The molecule has 1 heterocycles. The number of H-pyrrole nitrogens is 1. The predicted octanol–water partition coefficient (Wildman–Crippen LogP) is 3.25. The number of pyridine rings is 1. The van der Waals surface area contributed by atoms with Gasteiger partial charge in [-0.3, -0.25) is 4.79 Å². The molecule has 4 heteroatoms. The number of fused-ring (bicyclic) bond motifs is 1. The fourth-order valence-electron chi connectivity index (χ4n) is 2.08. The van der Waals surface area contributed by atoms with E-state index in [0.29, 0.717) is 11.3 Å². The lowest BCUT2D eigenvalue weighted by molar-refractivity contribution is 0.309. The van der Waals surface area contributed by atoms with Crippen LogP contribution in [0.5, 0.6) is 5.75 Å². The summed E-state index contributed by atoms with van der Waals surface area (Å²) in [6.07, 6.45) is 0. The van der Waals surface area contributed by atoms with Crippen molar-refractivity contribution in [1.82, 2.24) is 4.98 Å². The minimum atomic E-state index is -0.304. The Labute approximate surface area is 114 Å². The van der Waals surface area contributed by atoms with Crippen LogP contribution >= 0.6 is 0 Å². The number of rotatable bonds is 3. The summed E-state index contributed by atoms with van der Waals surface area (Å²) in [5.41, 5.74) is 1.21. The van der Waals surface area contributed by atoms with Crippen LogP contribution in [-0.4, -0.2) is 4.98 Å². The molecule has 0 atom stereocenters. The van der Waals surface area contributed by atoms with E-state index in [-0.39, 0.29) is 18.0 Å². The summed E-state index contributed by atoms with van der Waals surface area (Å²) in [6, 6.07) is 15.0. The summed E-state index contributed by atoms with van der Waals surface area (Å²) in [4.78, 5) is 14.3. The molecule has 0 unspecified atom stereocenters. The van der Waals surface area contributed by atoms with E-state index in [9.17, 15) is 9.18 Å². The molecule has 0 aliphatic rings. The molecule has 0 aliphatic heterocycles. The highest BCUT2D eigenvalue weighted by Crippen LogP contribution is 2.22. The Bertz CT molecular complexity index is 811. The summed E-state index contributed by atoms with van der Waals surface area (Å²) >= 11 is 0. The van der Waals surface area contributed by atoms with Crippen LogP contribution in [0.2, 0.25) is 0 Å². The lowest BCUT2D eigenvalue weighted by Gasteiger charge is -2.09. The molecular weight excluding hydrogens is 257 g/mol. The third-order valence-corrected chi connectivity index (χ3v) is 3.00. The topological polar surface area (TPSA) is 42.1 Å². The number of hydrogen-bond donors (Lipinski definition) is 1. The lowest BCUT2D eigenvalue weighted by atomic mass is 10.2. The minimum Gasteiger partial charge on any atom is -0.488 e. The van der Waals surface area contributed by atoms with Crippen molar-refractivity contribution in [3.8, 4) is 5.75 Å². The highest BCUT2D eigenvalue weighted by molar-refractivity contribution is 5.84. The van der Waals surface area contributed by atoms with E-state index in [1.54, 1.807) is 12.1 Å². The monoisotopic (exact) mass is 269 g/mol. The van der Waals surface area contributed by atoms with E-state index < -0.39 is 0 Å². The van der Waals surface area contributed by atoms with Crippen molar-refractivity contribution in [2.24, 2.45) is 0 Å². The average molecular weight is 269 g/mol. The zero-order chi connectivity index (χ0) is 13.9. The smallest absolute Gasteiger partial charge is 0.252 e. The van der Waals surface area contributed by atoms with Gasteiger partial charge in [0.15, 0.2) is 0 Å². The second-order valence-electron chi connectivity index (χ2n) is 4.46. The number of halogens is 1. The molecule has 2 aromatic carbocycles. The number of aromatic nitrogens is 1. The molecule has 3 aromatic rings. The van der Waals surface area contributed by atoms with Crippen molar-refractivity contribution in [2.75, 3.05) is 0 Å². The van der Waals surface area contributed by atoms with E-state index in [1.165, 1.54) is 18.2 Å². The third-order valence-electron chi connectivity index (χ3n) is 3.00. The molecule has 3 nitrogen and oxygen atoms in total. The molecule has 1 aromatic heterocycles. The quantitative estimate of drug-likeness (QED) is 0.793. The van der Waals surface area contributed by atoms with Crippen LogP contribution in [0.3, 0.4) is 0 Å². The molecule has 0 saturated heterocycles. The summed E-state index contributed by atoms with van der Waals surface area (Å²) in [6.45, 7) is 0.213. The van der Waals surface area contributed by atoms with Gasteiger partial charge in [-0.1, -0.05) is 24.3 Å². The highest BCUT2D eigenvalue weighted by atomic mass is 19.1. The summed E-state index contributed by atoms with van der Waals surface area (Å²) in [5, 5.41) is 0.823. The molecule has 100 valence electrons. The van der Waals surface area contributed by atoms with Crippen LogP contribution in [0, 0.1) is 5.82 Å². The van der Waals surface area contributed by atoms with E-state index in [0.717, 1.165) is 10.9 Å². The van der Waals surface area contributed by atoms with Crippen molar-refractivity contribution in [3.63, 3.8) is 0 Å². The van der Waals surface area contributed by atoms with Gasteiger partial charge in [-0.2, -0.15) is 0 Å². The molecule has 0 fully saturated rings. The fourth-order valence-corrected chi connectivity index (χ4v) is 2.08. The van der Waals surface area contributed by atoms with E-state index in [4.69, 9.17) is 4.74 Å². The maximum absolute atomic E-state index is 13.1. The van der Waals surface area contributed by atoms with E-state index in [1.807, 2.05) is 24.3 Å². The summed E-state index contributed by atoms with van der Waals surface area (Å²) in [7, 11) is 0. The molecule has 0 radical (unpaired) electrons. The Morgan fingerprint density at radius 3 is 2.75 bits per heavy atom. The summed E-state index contributed by atoms with van der Waals surface area (Å²) < 4.78 is 18.8. The van der Waals surface area contributed by atoms with Crippen LogP contribution < -0.4 is 10.3 Å². The Morgan fingerprint density at radius 1 is 1.05 bits per heavy atom. The van der Waals surface area contributed by atoms with Crippen LogP contribution in [0.15, 0.2) is 59.4 Å². The van der Waals surface area contributed by atoms with Crippen molar-refractivity contribution in [2.45, 2.75) is 6.61 Å². The minimum absolute atomic E-state index is 0.213. The van der Waals surface area contributed by atoms with Crippen molar-refractivity contribution >= 4 is 10.9 Å². The molecular formula is C16H12FNO2. The first kappa shape index (κ1) is 12.4. The molecule has 0 spiro atoms. The van der Waals surface area contributed by atoms with Crippen molar-refractivity contribution < 1.29 is 9.13 Å². The Kier molecular flexibility index (Phi) is 3.21. The molecule has 1 N–H and O–H groups in total. The maximum Gasteiger partial charge on any atom is 0.252 e. The number of ether oxygens (including phenoxy) is 1. The lowest BCUT2D eigenvalue weighted by Crippen LogP contribution is -2.06. The van der Waals surface area contributed by atoms with Crippen LogP contribution in [0.4, 0.5) is 4.39 Å². The van der Waals surface area contributed by atoms with Crippen LogP contribution in [0.25, 0.3) is 10.9 Å². The second-order valence-corrected chi connectivity index (χ2v) is 4.46. The normalized spacial score (nSPS) is 10.7. The van der Waals surface area contributed by atoms with Gasteiger partial charge in [-0.25, -0.2) is 4.39 Å². The maximum atomic E-state index is 13.1. The predicted molar refractivity (Wildman–Crippen MR) is 75.3 cm³/mol. The molecule has 0 bridgehead atoms. The van der Waals surface area contributed by atoms with E-state index >= 15 is 0 Å². The number of hydrogen-bond acceptors (Lipinski definition) is 2. The number of para-hydroxylation sites is 1. The van der Waals surface area contributed by atoms with Gasteiger partial charge in [0.1, 0.15) is 18.2 Å². The number of benzene rings is 2. The van der Waals surface area contributed by atoms with Crippen LogP contribution in [-0.2, 0) is 6.61 Å². The van der Waals surface area contributed by atoms with Gasteiger partial charge in [0.25, 0.3) is 5.56 Å². The Morgan fingerprint density at radius 2 is 1.90 bits per heavy atom. The summed E-state index contributed by atoms with van der Waals surface area (Å²) in [5.74, 6) is 0.190. The Balaban J connectivity index is 1.93. The zero-order valence-corrected chi connectivity index (χ0v) is 10.6. The SMILES string of the molecule is O=c1cc(OCc2cccc(F)c2)c2ccccc2[nH]1. The molecule has 0 saturated carbocycles. The van der Waals surface area contributed by atoms with Gasteiger partial charge in [0.05, 0.1) is 5.52 Å². The Hall–Kier alpha value is -2.62. The fraction of sp³-hybridized carbons (Fsp3) is 0.0625. The van der Waals surface area contributed by atoms with Gasteiger partial charge in [-0.05, 0) is 29.8 Å². The molecule has 0 aliphatic carbocycles. The molecule has 0 amide bonds. The second kappa shape index (κ2) is 5.17. The van der Waals surface area contributed by atoms with Gasteiger partial charge in [-0.15, -0.1) is 0 Å². The first-order chi connectivity index (χ1) is 9.72. The van der Waals surface area contributed by atoms with Crippen LogP contribution in [0.1, 0.15) is 5.56 Å². The third kappa shape index (κ3) is 2.54.